The van der Waals surface area contributed by atoms with E-state index < -0.39 is 0 Å². The predicted octanol–water partition coefficient (Wildman–Crippen LogP) is 2.72. The van der Waals surface area contributed by atoms with Crippen LogP contribution in [-0.2, 0) is 6.42 Å². The molecule has 0 spiro atoms. The van der Waals surface area contributed by atoms with Gasteiger partial charge >= 0.3 is 0 Å². The Bertz CT molecular complexity index is 380. The molecule has 1 saturated carbocycles. The van der Waals surface area contributed by atoms with E-state index in [4.69, 9.17) is 5.84 Å². The van der Waals surface area contributed by atoms with Gasteiger partial charge in [-0.15, -0.1) is 0 Å². The van der Waals surface area contributed by atoms with Gasteiger partial charge in [-0.1, -0.05) is 56.0 Å². The van der Waals surface area contributed by atoms with Crippen molar-refractivity contribution in [3.63, 3.8) is 0 Å². The number of nitrogens with zero attached hydrogens (tertiary/aromatic N) is 1. The summed E-state index contributed by atoms with van der Waals surface area (Å²) in [6.07, 6.45) is 8.81. The molecule has 0 radical (unpaired) electrons. The first-order valence-electron chi connectivity index (χ1n) is 7.86. The summed E-state index contributed by atoms with van der Waals surface area (Å²) in [4.78, 5) is 2.41. The van der Waals surface area contributed by atoms with Crippen LogP contribution in [0.15, 0.2) is 30.3 Å². The molecule has 0 aliphatic heterocycles. The molecule has 0 amide bonds. The van der Waals surface area contributed by atoms with Gasteiger partial charge in [0.1, 0.15) is 0 Å². The second-order valence-electron chi connectivity index (χ2n) is 6.32. The highest BCUT2D eigenvalue weighted by molar-refractivity contribution is 5.18. The maximum absolute atomic E-state index is 5.95. The van der Waals surface area contributed by atoms with Gasteiger partial charge in [-0.05, 0) is 38.9 Å². The first-order valence-corrected chi connectivity index (χ1v) is 7.86. The van der Waals surface area contributed by atoms with Crippen molar-refractivity contribution < 1.29 is 0 Å². The third-order valence-electron chi connectivity index (χ3n) is 4.99. The number of hydrogen-bond acceptors (Lipinski definition) is 3. The van der Waals surface area contributed by atoms with Crippen molar-refractivity contribution in [1.82, 2.24) is 10.3 Å². The van der Waals surface area contributed by atoms with Crippen LogP contribution in [0.1, 0.15) is 44.1 Å². The van der Waals surface area contributed by atoms with Crippen LogP contribution in [0, 0.1) is 0 Å². The molecule has 3 heteroatoms. The molecule has 1 aliphatic carbocycles. The SMILES string of the molecule is CN(C)C1(C(Cc2ccccc2)NN)CCCCCC1. The lowest BCUT2D eigenvalue weighted by atomic mass is 9.79. The molecule has 1 aliphatic rings. The minimum Gasteiger partial charge on any atom is -0.302 e. The Balaban J connectivity index is 2.20. The van der Waals surface area contributed by atoms with E-state index in [0.29, 0.717) is 6.04 Å². The molecule has 112 valence electrons. The van der Waals surface area contributed by atoms with Crippen molar-refractivity contribution in [2.45, 2.75) is 56.5 Å². The van der Waals surface area contributed by atoms with E-state index >= 15 is 0 Å². The van der Waals surface area contributed by atoms with Crippen molar-refractivity contribution in [3.05, 3.63) is 35.9 Å². The van der Waals surface area contributed by atoms with Gasteiger partial charge in [0, 0.05) is 11.6 Å². The molecule has 0 bridgehead atoms. The first-order chi connectivity index (χ1) is 9.69. The Labute approximate surface area is 123 Å². The number of hydrogen-bond donors (Lipinski definition) is 2. The molecule has 0 aromatic heterocycles. The van der Waals surface area contributed by atoms with Gasteiger partial charge in [0.15, 0.2) is 0 Å². The van der Waals surface area contributed by atoms with Crippen molar-refractivity contribution in [1.29, 1.82) is 0 Å². The van der Waals surface area contributed by atoms with Crippen molar-refractivity contribution in [2.24, 2.45) is 5.84 Å². The molecule has 0 heterocycles. The normalized spacial score (nSPS) is 20.6. The summed E-state index contributed by atoms with van der Waals surface area (Å²) in [5.74, 6) is 5.95. The number of rotatable bonds is 5. The Morgan fingerprint density at radius 3 is 2.20 bits per heavy atom. The lowest BCUT2D eigenvalue weighted by Crippen LogP contribution is -2.61. The zero-order valence-electron chi connectivity index (χ0n) is 12.9. The number of benzene rings is 1. The van der Waals surface area contributed by atoms with Crippen molar-refractivity contribution in [3.8, 4) is 0 Å². The van der Waals surface area contributed by atoms with Crippen LogP contribution in [0.4, 0.5) is 0 Å². The van der Waals surface area contributed by atoms with E-state index in [0.717, 1.165) is 6.42 Å². The van der Waals surface area contributed by atoms with E-state index in [1.807, 2.05) is 0 Å². The van der Waals surface area contributed by atoms with Gasteiger partial charge in [0.2, 0.25) is 0 Å². The van der Waals surface area contributed by atoms with E-state index in [-0.39, 0.29) is 5.54 Å². The van der Waals surface area contributed by atoms with Gasteiger partial charge in [0.05, 0.1) is 0 Å². The summed E-state index contributed by atoms with van der Waals surface area (Å²) >= 11 is 0. The predicted molar refractivity (Wildman–Crippen MR) is 85.4 cm³/mol. The average molecular weight is 275 g/mol. The van der Waals surface area contributed by atoms with Crippen LogP contribution in [-0.4, -0.2) is 30.6 Å². The molecule has 1 unspecified atom stereocenters. The van der Waals surface area contributed by atoms with E-state index in [2.05, 4.69) is 54.8 Å². The zero-order valence-corrected chi connectivity index (χ0v) is 12.9. The molecule has 0 saturated heterocycles. The summed E-state index contributed by atoms with van der Waals surface area (Å²) in [5.41, 5.74) is 4.67. The molecule has 3 N–H and O–H groups in total. The maximum atomic E-state index is 5.95. The van der Waals surface area contributed by atoms with E-state index in [9.17, 15) is 0 Å². The summed E-state index contributed by atoms with van der Waals surface area (Å²) in [6.45, 7) is 0. The smallest absolute Gasteiger partial charge is 0.0434 e. The fraction of sp³-hybridized carbons (Fsp3) is 0.647. The molecule has 1 aromatic rings. The highest BCUT2D eigenvalue weighted by Crippen LogP contribution is 2.35. The minimum atomic E-state index is 0.182. The Morgan fingerprint density at radius 1 is 1.10 bits per heavy atom. The van der Waals surface area contributed by atoms with E-state index in [1.54, 1.807) is 0 Å². The Morgan fingerprint density at radius 2 is 1.70 bits per heavy atom. The van der Waals surface area contributed by atoms with Crippen LogP contribution in [0.2, 0.25) is 0 Å². The summed E-state index contributed by atoms with van der Waals surface area (Å²) in [6, 6.07) is 11.0. The molecule has 1 aromatic carbocycles. The van der Waals surface area contributed by atoms with Crippen LogP contribution in [0.25, 0.3) is 0 Å². The lowest BCUT2D eigenvalue weighted by molar-refractivity contribution is 0.0802. The fourth-order valence-electron chi connectivity index (χ4n) is 3.70. The molecule has 3 nitrogen and oxygen atoms in total. The second kappa shape index (κ2) is 7.21. The number of nitrogens with one attached hydrogen (secondary N) is 1. The van der Waals surface area contributed by atoms with Gasteiger partial charge in [-0.2, -0.15) is 0 Å². The van der Waals surface area contributed by atoms with Gasteiger partial charge in [-0.3, -0.25) is 11.3 Å². The van der Waals surface area contributed by atoms with Crippen LogP contribution >= 0.6 is 0 Å². The number of likely N-dealkylation sites (N-methyl/N-ethyl adjacent to an activating group) is 1. The largest absolute Gasteiger partial charge is 0.302 e. The highest BCUT2D eigenvalue weighted by atomic mass is 15.3. The van der Waals surface area contributed by atoms with Crippen molar-refractivity contribution >= 4 is 0 Å². The number of nitrogens with two attached hydrogens (primary N) is 1. The van der Waals surface area contributed by atoms with Crippen LogP contribution < -0.4 is 11.3 Å². The second-order valence-corrected chi connectivity index (χ2v) is 6.32. The Kier molecular flexibility index (Phi) is 5.58. The molecular formula is C17H29N3. The van der Waals surface area contributed by atoms with Crippen LogP contribution in [0.5, 0.6) is 0 Å². The maximum Gasteiger partial charge on any atom is 0.0434 e. The van der Waals surface area contributed by atoms with Gasteiger partial charge in [-0.25, -0.2) is 0 Å². The number of hydrazine groups is 1. The molecule has 1 fully saturated rings. The summed E-state index contributed by atoms with van der Waals surface area (Å²) in [7, 11) is 4.42. The topological polar surface area (TPSA) is 41.3 Å². The standard InChI is InChI=1S/C17H29N3/c1-20(2)17(12-8-3-4-9-13-17)16(19-18)14-15-10-6-5-7-11-15/h5-7,10-11,16,19H,3-4,8-9,12-14,18H2,1-2H3. The monoisotopic (exact) mass is 275 g/mol. The third kappa shape index (κ3) is 3.40. The molecular weight excluding hydrogens is 246 g/mol. The quantitative estimate of drug-likeness (QED) is 0.493. The fourth-order valence-corrected chi connectivity index (χ4v) is 3.70. The zero-order chi connectivity index (χ0) is 14.4. The summed E-state index contributed by atoms with van der Waals surface area (Å²) < 4.78 is 0. The Hall–Kier alpha value is -0.900. The molecule has 1 atom stereocenters. The summed E-state index contributed by atoms with van der Waals surface area (Å²) in [5, 5.41) is 0. The van der Waals surface area contributed by atoms with Gasteiger partial charge < -0.3 is 4.90 Å². The highest BCUT2D eigenvalue weighted by Gasteiger charge is 2.40. The van der Waals surface area contributed by atoms with Gasteiger partial charge in [0.25, 0.3) is 0 Å². The van der Waals surface area contributed by atoms with E-state index in [1.165, 1.54) is 44.1 Å². The van der Waals surface area contributed by atoms with Crippen molar-refractivity contribution in [2.75, 3.05) is 14.1 Å². The molecule has 2 rings (SSSR count). The first kappa shape index (κ1) is 15.5. The third-order valence-corrected chi connectivity index (χ3v) is 4.99. The average Bonchev–Trinajstić information content (AvgIpc) is 2.72. The van der Waals surface area contributed by atoms with Crippen LogP contribution in [0.3, 0.4) is 0 Å². The lowest BCUT2D eigenvalue weighted by Gasteiger charge is -2.45. The molecule has 20 heavy (non-hydrogen) atoms. The minimum absolute atomic E-state index is 0.182.